The molecule has 0 aliphatic carbocycles. The zero-order valence-electron chi connectivity index (χ0n) is 12.3. The monoisotopic (exact) mass is 281 g/mol. The first-order valence-electron chi connectivity index (χ1n) is 7.37. The van der Waals surface area contributed by atoms with Gasteiger partial charge in [0.05, 0.1) is 12.0 Å². The van der Waals surface area contributed by atoms with Gasteiger partial charge in [-0.25, -0.2) is 0 Å². The topological polar surface area (TPSA) is 79.5 Å². The van der Waals surface area contributed by atoms with Crippen molar-refractivity contribution >= 4 is 5.97 Å². The molecule has 0 amide bonds. The summed E-state index contributed by atoms with van der Waals surface area (Å²) >= 11 is 0. The highest BCUT2D eigenvalue weighted by Crippen LogP contribution is 2.35. The quantitative estimate of drug-likeness (QED) is 0.860. The largest absolute Gasteiger partial charge is 0.481 e. The lowest BCUT2D eigenvalue weighted by atomic mass is 9.76. The number of rotatable bonds is 6. The van der Waals surface area contributed by atoms with E-state index in [1.54, 1.807) is 0 Å². The molecule has 6 nitrogen and oxygen atoms in total. The van der Waals surface area contributed by atoms with Gasteiger partial charge in [0, 0.05) is 6.42 Å². The fraction of sp³-hybridized carbons (Fsp3) is 0.786. The van der Waals surface area contributed by atoms with Gasteiger partial charge in [-0.15, -0.1) is 0 Å². The molecule has 0 radical (unpaired) electrons. The van der Waals surface area contributed by atoms with Crippen LogP contribution in [-0.4, -0.2) is 39.2 Å². The van der Waals surface area contributed by atoms with Crippen molar-refractivity contribution in [1.29, 1.82) is 0 Å². The zero-order chi connectivity index (χ0) is 14.6. The van der Waals surface area contributed by atoms with E-state index in [2.05, 4.69) is 22.0 Å². The Kier molecular flexibility index (Phi) is 4.75. The van der Waals surface area contributed by atoms with Crippen LogP contribution in [0.4, 0.5) is 0 Å². The number of piperidine rings is 1. The third kappa shape index (κ3) is 3.17. The summed E-state index contributed by atoms with van der Waals surface area (Å²) in [6.07, 6.45) is 3.91. The van der Waals surface area contributed by atoms with Gasteiger partial charge in [0.15, 0.2) is 5.82 Å². The Morgan fingerprint density at radius 3 is 2.65 bits per heavy atom. The third-order valence-corrected chi connectivity index (χ3v) is 4.29. The zero-order valence-corrected chi connectivity index (χ0v) is 12.3. The lowest BCUT2D eigenvalue weighted by Gasteiger charge is -2.37. The predicted octanol–water partition coefficient (Wildman–Crippen LogP) is 2.10. The SMILES string of the molecule is CCCc1noc(CN2CCC(CC)(C(=O)O)CC2)n1. The Morgan fingerprint density at radius 1 is 1.40 bits per heavy atom. The molecule has 0 unspecified atom stereocenters. The molecule has 1 saturated heterocycles. The van der Waals surface area contributed by atoms with Gasteiger partial charge in [-0.05, 0) is 38.8 Å². The van der Waals surface area contributed by atoms with E-state index in [-0.39, 0.29) is 0 Å². The van der Waals surface area contributed by atoms with Crippen molar-refractivity contribution in [2.75, 3.05) is 13.1 Å². The summed E-state index contributed by atoms with van der Waals surface area (Å²) in [5.74, 6) is 0.725. The molecule has 1 aromatic heterocycles. The molecule has 1 aliphatic heterocycles. The molecule has 0 spiro atoms. The predicted molar refractivity (Wildman–Crippen MR) is 73.2 cm³/mol. The van der Waals surface area contributed by atoms with Crippen LogP contribution in [0.2, 0.25) is 0 Å². The van der Waals surface area contributed by atoms with Crippen molar-refractivity contribution in [2.45, 2.75) is 52.5 Å². The van der Waals surface area contributed by atoms with Crippen LogP contribution in [0.1, 0.15) is 51.2 Å². The highest BCUT2D eigenvalue weighted by Gasteiger charge is 2.39. The normalized spacial score (nSPS) is 19.1. The maximum atomic E-state index is 11.4. The van der Waals surface area contributed by atoms with E-state index < -0.39 is 11.4 Å². The van der Waals surface area contributed by atoms with E-state index in [0.717, 1.165) is 31.8 Å². The maximum absolute atomic E-state index is 11.4. The van der Waals surface area contributed by atoms with Gasteiger partial charge in [-0.2, -0.15) is 4.98 Å². The number of hydrogen-bond acceptors (Lipinski definition) is 5. The number of carbonyl (C=O) groups is 1. The summed E-state index contributed by atoms with van der Waals surface area (Å²) in [4.78, 5) is 17.9. The van der Waals surface area contributed by atoms with Gasteiger partial charge < -0.3 is 9.63 Å². The Balaban J connectivity index is 1.89. The van der Waals surface area contributed by atoms with E-state index in [4.69, 9.17) is 4.52 Å². The molecule has 6 heteroatoms. The van der Waals surface area contributed by atoms with E-state index in [9.17, 15) is 9.90 Å². The van der Waals surface area contributed by atoms with Gasteiger partial charge in [-0.1, -0.05) is 19.0 Å². The average Bonchev–Trinajstić information content (AvgIpc) is 2.87. The number of nitrogens with zero attached hydrogens (tertiary/aromatic N) is 3. The fourth-order valence-electron chi connectivity index (χ4n) is 2.73. The van der Waals surface area contributed by atoms with Crippen molar-refractivity contribution in [1.82, 2.24) is 15.0 Å². The highest BCUT2D eigenvalue weighted by atomic mass is 16.5. The van der Waals surface area contributed by atoms with Crippen LogP contribution in [0, 0.1) is 5.41 Å². The first kappa shape index (κ1) is 15.0. The van der Waals surface area contributed by atoms with Crippen molar-refractivity contribution < 1.29 is 14.4 Å². The number of aryl methyl sites for hydroxylation is 1. The molecular formula is C14H23N3O3. The van der Waals surface area contributed by atoms with E-state index in [0.29, 0.717) is 31.7 Å². The summed E-state index contributed by atoms with van der Waals surface area (Å²) in [5, 5.41) is 13.3. The minimum atomic E-state index is -0.664. The third-order valence-electron chi connectivity index (χ3n) is 4.29. The van der Waals surface area contributed by atoms with Crippen molar-refractivity contribution in [3.63, 3.8) is 0 Å². The molecule has 2 rings (SSSR count). The second kappa shape index (κ2) is 6.35. The Morgan fingerprint density at radius 2 is 2.10 bits per heavy atom. The van der Waals surface area contributed by atoms with E-state index >= 15 is 0 Å². The van der Waals surface area contributed by atoms with Crippen molar-refractivity contribution in [2.24, 2.45) is 5.41 Å². The summed E-state index contributed by atoms with van der Waals surface area (Å²) in [5.41, 5.74) is -0.543. The molecule has 0 atom stereocenters. The molecule has 0 saturated carbocycles. The van der Waals surface area contributed by atoms with Crippen LogP contribution in [0.15, 0.2) is 4.52 Å². The van der Waals surface area contributed by atoms with Gasteiger partial charge >= 0.3 is 5.97 Å². The van der Waals surface area contributed by atoms with Crippen LogP contribution in [-0.2, 0) is 17.8 Å². The van der Waals surface area contributed by atoms with Crippen LogP contribution in [0.25, 0.3) is 0 Å². The molecule has 112 valence electrons. The number of aromatic nitrogens is 2. The summed E-state index contributed by atoms with van der Waals surface area (Å²) in [7, 11) is 0. The summed E-state index contributed by atoms with van der Waals surface area (Å²) in [6.45, 7) is 6.20. The van der Waals surface area contributed by atoms with Crippen LogP contribution >= 0.6 is 0 Å². The lowest BCUT2D eigenvalue weighted by Crippen LogP contribution is -2.43. The second-order valence-corrected chi connectivity index (χ2v) is 5.57. The second-order valence-electron chi connectivity index (χ2n) is 5.57. The van der Waals surface area contributed by atoms with E-state index in [1.165, 1.54) is 0 Å². The highest BCUT2D eigenvalue weighted by molar-refractivity contribution is 5.74. The first-order valence-corrected chi connectivity index (χ1v) is 7.37. The van der Waals surface area contributed by atoms with Crippen LogP contribution in [0.3, 0.4) is 0 Å². The molecule has 0 aromatic carbocycles. The van der Waals surface area contributed by atoms with E-state index in [1.807, 2.05) is 6.92 Å². The molecular weight excluding hydrogens is 258 g/mol. The molecule has 1 N–H and O–H groups in total. The number of carboxylic acid groups (broad SMARTS) is 1. The Hall–Kier alpha value is -1.43. The Labute approximate surface area is 119 Å². The molecule has 20 heavy (non-hydrogen) atoms. The van der Waals surface area contributed by atoms with Gasteiger partial charge in [0.25, 0.3) is 0 Å². The summed E-state index contributed by atoms with van der Waals surface area (Å²) in [6, 6.07) is 0. The van der Waals surface area contributed by atoms with Crippen LogP contribution < -0.4 is 0 Å². The molecule has 1 fully saturated rings. The average molecular weight is 281 g/mol. The van der Waals surface area contributed by atoms with Gasteiger partial charge in [-0.3, -0.25) is 9.69 Å². The number of likely N-dealkylation sites (tertiary alicyclic amines) is 1. The van der Waals surface area contributed by atoms with Gasteiger partial charge in [0.2, 0.25) is 5.89 Å². The lowest BCUT2D eigenvalue weighted by molar-refractivity contribution is -0.152. The fourth-order valence-corrected chi connectivity index (χ4v) is 2.73. The smallest absolute Gasteiger partial charge is 0.309 e. The maximum Gasteiger partial charge on any atom is 0.309 e. The molecule has 2 heterocycles. The van der Waals surface area contributed by atoms with Crippen molar-refractivity contribution in [3.05, 3.63) is 11.7 Å². The number of hydrogen-bond donors (Lipinski definition) is 1. The van der Waals surface area contributed by atoms with Crippen LogP contribution in [0.5, 0.6) is 0 Å². The number of carboxylic acids is 1. The summed E-state index contributed by atoms with van der Waals surface area (Å²) < 4.78 is 5.23. The minimum absolute atomic E-state index is 0.543. The standard InChI is InChI=1S/C14H23N3O3/c1-3-5-11-15-12(20-16-11)10-17-8-6-14(4-2,7-9-17)13(18)19/h3-10H2,1-2H3,(H,18,19). The molecule has 1 aromatic rings. The number of aliphatic carboxylic acids is 1. The minimum Gasteiger partial charge on any atom is -0.481 e. The van der Waals surface area contributed by atoms with Gasteiger partial charge in [0.1, 0.15) is 0 Å². The van der Waals surface area contributed by atoms with Crippen molar-refractivity contribution in [3.8, 4) is 0 Å². The molecule has 0 bridgehead atoms. The Bertz CT molecular complexity index is 450. The first-order chi connectivity index (χ1) is 9.59. The molecule has 1 aliphatic rings.